The van der Waals surface area contributed by atoms with Crippen LogP contribution in [0.15, 0.2) is 6.20 Å². The number of esters is 1. The Kier molecular flexibility index (Phi) is 5.40. The van der Waals surface area contributed by atoms with Crippen LogP contribution in [0.25, 0.3) is 0 Å². The molecule has 0 saturated carbocycles. The molecular formula is C11H9F2IN2O2. The van der Waals surface area contributed by atoms with Crippen LogP contribution in [-0.4, -0.2) is 17.6 Å². The Bertz CT molecular complexity index is 501. The number of pyridine rings is 1. The number of carbonyl (C=O) groups excluding carboxylic acids is 1. The molecule has 0 unspecified atom stereocenters. The van der Waals surface area contributed by atoms with Gasteiger partial charge in [0.15, 0.2) is 0 Å². The topological polar surface area (TPSA) is 63.0 Å². The van der Waals surface area contributed by atoms with Crippen LogP contribution in [0.2, 0.25) is 0 Å². The first-order valence-electron chi connectivity index (χ1n) is 5.02. The fraction of sp³-hybridized carbons (Fsp3) is 0.364. The Morgan fingerprint density at radius 1 is 1.67 bits per heavy atom. The lowest BCUT2D eigenvalue weighted by atomic mass is 10.1. The Morgan fingerprint density at radius 2 is 2.33 bits per heavy atom. The molecule has 0 bridgehead atoms. The van der Waals surface area contributed by atoms with Gasteiger partial charge in [-0.15, -0.1) is 0 Å². The molecule has 0 aliphatic heterocycles. The van der Waals surface area contributed by atoms with E-state index in [9.17, 15) is 13.6 Å². The van der Waals surface area contributed by atoms with Gasteiger partial charge in [-0.05, 0) is 29.5 Å². The van der Waals surface area contributed by atoms with Gasteiger partial charge in [0.2, 0.25) is 0 Å². The highest BCUT2D eigenvalue weighted by atomic mass is 127. The highest BCUT2D eigenvalue weighted by Crippen LogP contribution is 2.28. The van der Waals surface area contributed by atoms with E-state index in [0.717, 1.165) is 6.20 Å². The molecule has 96 valence electrons. The summed E-state index contributed by atoms with van der Waals surface area (Å²) in [5.41, 5.74) is -0.125. The minimum absolute atomic E-state index is 0.0307. The summed E-state index contributed by atoms with van der Waals surface area (Å²) in [7, 11) is 0. The SMILES string of the molecule is CCOC(=O)Cc1c(C#N)ncc(C(F)F)c1I. The number of hydrogen-bond acceptors (Lipinski definition) is 4. The molecule has 0 spiro atoms. The summed E-state index contributed by atoms with van der Waals surface area (Å²) in [4.78, 5) is 15.0. The lowest BCUT2D eigenvalue weighted by molar-refractivity contribution is -0.142. The largest absolute Gasteiger partial charge is 0.466 e. The van der Waals surface area contributed by atoms with Crippen LogP contribution in [0.3, 0.4) is 0 Å². The van der Waals surface area contributed by atoms with Crippen molar-refractivity contribution in [3.8, 4) is 6.07 Å². The molecular weight excluding hydrogens is 357 g/mol. The highest BCUT2D eigenvalue weighted by molar-refractivity contribution is 14.1. The third-order valence-electron chi connectivity index (χ3n) is 2.10. The quantitative estimate of drug-likeness (QED) is 0.607. The van der Waals surface area contributed by atoms with Crippen molar-refractivity contribution in [1.29, 1.82) is 5.26 Å². The Hall–Kier alpha value is -1.30. The van der Waals surface area contributed by atoms with Crippen LogP contribution in [-0.2, 0) is 16.0 Å². The summed E-state index contributed by atoms with van der Waals surface area (Å²) in [5.74, 6) is -0.569. The molecule has 1 heterocycles. The van der Waals surface area contributed by atoms with Crippen LogP contribution >= 0.6 is 22.6 Å². The van der Waals surface area contributed by atoms with E-state index in [4.69, 9.17) is 10.00 Å². The zero-order valence-corrected chi connectivity index (χ0v) is 11.6. The van der Waals surface area contributed by atoms with E-state index in [-0.39, 0.29) is 33.4 Å². The average molecular weight is 366 g/mol. The summed E-state index contributed by atoms with van der Waals surface area (Å²) in [6.07, 6.45) is -1.97. The molecule has 0 aromatic carbocycles. The van der Waals surface area contributed by atoms with Crippen LogP contribution in [0.1, 0.15) is 30.2 Å². The smallest absolute Gasteiger partial charge is 0.310 e. The Morgan fingerprint density at radius 3 is 2.83 bits per heavy atom. The van der Waals surface area contributed by atoms with Gasteiger partial charge in [0.1, 0.15) is 11.8 Å². The third kappa shape index (κ3) is 3.35. The predicted octanol–water partition coefficient (Wildman–Crippen LogP) is 2.60. The maximum absolute atomic E-state index is 12.7. The Balaban J connectivity index is 3.18. The first kappa shape index (κ1) is 14.8. The standard InChI is InChI=1S/C11H9F2IN2O2/c1-2-18-9(17)3-6-8(4-15)16-5-7(10(6)14)11(12)13/h5,11H,2-3H2,1H3. The molecule has 7 heteroatoms. The summed E-state index contributed by atoms with van der Waals surface area (Å²) in [6.45, 7) is 1.83. The van der Waals surface area contributed by atoms with Crippen LogP contribution in [0.5, 0.6) is 0 Å². The number of hydrogen-bond donors (Lipinski definition) is 0. The zero-order valence-electron chi connectivity index (χ0n) is 9.41. The second-order valence-corrected chi connectivity index (χ2v) is 4.33. The third-order valence-corrected chi connectivity index (χ3v) is 3.38. The van der Waals surface area contributed by atoms with E-state index in [0.29, 0.717) is 0 Å². The summed E-state index contributed by atoms with van der Waals surface area (Å²) >= 11 is 1.69. The molecule has 1 rings (SSSR count). The van der Waals surface area contributed by atoms with Gasteiger partial charge in [-0.2, -0.15) is 5.26 Å². The van der Waals surface area contributed by atoms with Crippen LogP contribution < -0.4 is 0 Å². The molecule has 0 radical (unpaired) electrons. The van der Waals surface area contributed by atoms with Gasteiger partial charge in [-0.3, -0.25) is 4.79 Å². The van der Waals surface area contributed by atoms with Gasteiger partial charge < -0.3 is 4.74 Å². The molecule has 0 fully saturated rings. The summed E-state index contributed by atoms with van der Waals surface area (Å²) in [5, 5.41) is 8.86. The molecule has 1 aromatic rings. The lowest BCUT2D eigenvalue weighted by Crippen LogP contribution is -2.12. The molecule has 0 aliphatic rings. The van der Waals surface area contributed by atoms with Crippen molar-refractivity contribution in [3.63, 3.8) is 0 Å². The minimum atomic E-state index is -2.70. The van der Waals surface area contributed by atoms with Gasteiger partial charge in [0.25, 0.3) is 6.43 Å². The maximum Gasteiger partial charge on any atom is 0.310 e. The second-order valence-electron chi connectivity index (χ2n) is 3.25. The maximum atomic E-state index is 12.7. The second kappa shape index (κ2) is 6.58. The van der Waals surface area contributed by atoms with E-state index >= 15 is 0 Å². The number of ether oxygens (including phenoxy) is 1. The van der Waals surface area contributed by atoms with Gasteiger partial charge in [-0.1, -0.05) is 0 Å². The van der Waals surface area contributed by atoms with E-state index in [1.54, 1.807) is 35.6 Å². The van der Waals surface area contributed by atoms with E-state index in [2.05, 4.69) is 4.98 Å². The number of nitrogens with zero attached hydrogens (tertiary/aromatic N) is 2. The van der Waals surface area contributed by atoms with Crippen molar-refractivity contribution >= 4 is 28.6 Å². The molecule has 0 atom stereocenters. The number of alkyl halides is 2. The molecule has 0 aliphatic carbocycles. The van der Waals surface area contributed by atoms with Crippen molar-refractivity contribution in [3.05, 3.63) is 26.6 Å². The van der Waals surface area contributed by atoms with E-state index in [1.807, 2.05) is 0 Å². The number of rotatable bonds is 4. The zero-order chi connectivity index (χ0) is 13.7. The molecule has 4 nitrogen and oxygen atoms in total. The van der Waals surface area contributed by atoms with E-state index < -0.39 is 12.4 Å². The summed E-state index contributed by atoms with van der Waals surface area (Å²) in [6, 6.07) is 1.78. The molecule has 0 amide bonds. The van der Waals surface area contributed by atoms with Crippen LogP contribution in [0.4, 0.5) is 8.78 Å². The number of halogens is 3. The van der Waals surface area contributed by atoms with E-state index in [1.165, 1.54) is 0 Å². The fourth-order valence-corrected chi connectivity index (χ4v) is 2.13. The first-order chi connectivity index (χ1) is 8.51. The van der Waals surface area contributed by atoms with Crippen molar-refractivity contribution in [2.24, 2.45) is 0 Å². The van der Waals surface area contributed by atoms with Crippen molar-refractivity contribution < 1.29 is 18.3 Å². The fourth-order valence-electron chi connectivity index (χ4n) is 1.31. The summed E-state index contributed by atoms with van der Waals surface area (Å²) < 4.78 is 30.3. The molecule has 0 saturated heterocycles. The van der Waals surface area contributed by atoms with Crippen molar-refractivity contribution in [2.75, 3.05) is 6.61 Å². The highest BCUT2D eigenvalue weighted by Gasteiger charge is 2.20. The number of carbonyl (C=O) groups is 1. The average Bonchev–Trinajstić information content (AvgIpc) is 2.31. The number of nitriles is 1. The lowest BCUT2D eigenvalue weighted by Gasteiger charge is -2.10. The first-order valence-corrected chi connectivity index (χ1v) is 6.10. The van der Waals surface area contributed by atoms with Crippen molar-refractivity contribution in [2.45, 2.75) is 19.8 Å². The minimum Gasteiger partial charge on any atom is -0.466 e. The van der Waals surface area contributed by atoms with Gasteiger partial charge in [0.05, 0.1) is 13.0 Å². The number of aromatic nitrogens is 1. The molecule has 1 aromatic heterocycles. The normalized spacial score (nSPS) is 10.2. The molecule has 0 N–H and O–H groups in total. The van der Waals surface area contributed by atoms with Crippen LogP contribution in [0, 0.1) is 14.9 Å². The van der Waals surface area contributed by atoms with Gasteiger partial charge >= 0.3 is 5.97 Å². The Labute approximate surface area is 116 Å². The monoisotopic (exact) mass is 366 g/mol. The van der Waals surface area contributed by atoms with Crippen molar-refractivity contribution in [1.82, 2.24) is 4.98 Å². The molecule has 18 heavy (non-hydrogen) atoms. The van der Waals surface area contributed by atoms with Gasteiger partial charge in [0, 0.05) is 20.9 Å². The van der Waals surface area contributed by atoms with Gasteiger partial charge in [-0.25, -0.2) is 13.8 Å². The predicted molar refractivity (Wildman–Crippen MR) is 67.0 cm³/mol.